The van der Waals surface area contributed by atoms with Gasteiger partial charge < -0.3 is 19.5 Å². The van der Waals surface area contributed by atoms with E-state index >= 15 is 0 Å². The molecule has 1 amide bonds. The Morgan fingerprint density at radius 1 is 1.30 bits per heavy atom. The quantitative estimate of drug-likeness (QED) is 0.841. The molecular formula is C13H23NO4S2. The maximum absolute atomic E-state index is 12.2. The van der Waals surface area contributed by atoms with Gasteiger partial charge in [-0.25, -0.2) is 0 Å². The van der Waals surface area contributed by atoms with Gasteiger partial charge in [-0.1, -0.05) is 0 Å². The van der Waals surface area contributed by atoms with Crippen molar-refractivity contribution in [2.24, 2.45) is 0 Å². The van der Waals surface area contributed by atoms with Gasteiger partial charge in [0.05, 0.1) is 4.58 Å². The lowest BCUT2D eigenvalue weighted by Crippen LogP contribution is -2.48. The molecule has 116 valence electrons. The van der Waals surface area contributed by atoms with E-state index in [4.69, 9.17) is 9.47 Å². The van der Waals surface area contributed by atoms with Crippen molar-refractivity contribution in [1.29, 1.82) is 0 Å². The van der Waals surface area contributed by atoms with Gasteiger partial charge in [0.15, 0.2) is 11.9 Å². The standard InChI is InChI=1S/C13H23NO4S2/c1-13(2)17-9(10(18-13)11(16)14(3)4)8(15)12-19-6-5-7-20-12/h8-10,12,15H,5-7H2,1-4H3/t8-,9+,10-/m1/s1. The molecule has 2 rings (SSSR count). The maximum atomic E-state index is 12.2. The molecule has 0 aromatic heterocycles. The molecular weight excluding hydrogens is 298 g/mol. The molecule has 2 aliphatic heterocycles. The molecule has 2 aliphatic rings. The molecule has 0 aliphatic carbocycles. The summed E-state index contributed by atoms with van der Waals surface area (Å²) < 4.78 is 11.6. The largest absolute Gasteiger partial charge is 0.388 e. The number of nitrogens with zero attached hydrogens (tertiary/aromatic N) is 1. The minimum Gasteiger partial charge on any atom is -0.388 e. The average molecular weight is 321 g/mol. The highest BCUT2D eigenvalue weighted by Gasteiger charge is 2.50. The van der Waals surface area contributed by atoms with Crippen molar-refractivity contribution in [3.63, 3.8) is 0 Å². The molecule has 0 aromatic rings. The topological polar surface area (TPSA) is 59.0 Å². The fraction of sp³-hybridized carbons (Fsp3) is 0.923. The van der Waals surface area contributed by atoms with Gasteiger partial charge >= 0.3 is 0 Å². The van der Waals surface area contributed by atoms with Gasteiger partial charge in [-0.05, 0) is 31.8 Å². The molecule has 0 aromatic carbocycles. The number of hydrogen-bond acceptors (Lipinski definition) is 6. The zero-order valence-electron chi connectivity index (χ0n) is 12.4. The van der Waals surface area contributed by atoms with Gasteiger partial charge in [-0.15, -0.1) is 23.5 Å². The number of ether oxygens (including phenoxy) is 2. The Balaban J connectivity index is 2.11. The van der Waals surface area contributed by atoms with E-state index in [-0.39, 0.29) is 10.5 Å². The highest BCUT2D eigenvalue weighted by molar-refractivity contribution is 8.17. The lowest BCUT2D eigenvalue weighted by molar-refractivity contribution is -0.162. The van der Waals surface area contributed by atoms with Crippen molar-refractivity contribution in [2.45, 2.75) is 48.9 Å². The predicted octanol–water partition coefficient (Wildman–Crippen LogP) is 1.15. The Kier molecular flexibility index (Phi) is 5.29. The van der Waals surface area contributed by atoms with Crippen LogP contribution < -0.4 is 0 Å². The summed E-state index contributed by atoms with van der Waals surface area (Å²) in [5.74, 6) is 1.08. The Labute approximate surface area is 128 Å². The van der Waals surface area contributed by atoms with Gasteiger partial charge in [0.1, 0.15) is 12.2 Å². The van der Waals surface area contributed by atoms with Gasteiger partial charge in [0.2, 0.25) is 0 Å². The molecule has 0 saturated carbocycles. The molecule has 0 spiro atoms. The van der Waals surface area contributed by atoms with E-state index in [1.165, 1.54) is 4.90 Å². The molecule has 0 bridgehead atoms. The molecule has 20 heavy (non-hydrogen) atoms. The maximum Gasteiger partial charge on any atom is 0.254 e. The summed E-state index contributed by atoms with van der Waals surface area (Å²) in [7, 11) is 3.37. The Morgan fingerprint density at radius 2 is 1.90 bits per heavy atom. The third-order valence-electron chi connectivity index (χ3n) is 3.28. The van der Waals surface area contributed by atoms with Crippen LogP contribution in [0.25, 0.3) is 0 Å². The van der Waals surface area contributed by atoms with Crippen LogP contribution in [-0.4, -0.2) is 70.2 Å². The lowest BCUT2D eigenvalue weighted by Gasteiger charge is -2.31. The van der Waals surface area contributed by atoms with E-state index in [1.807, 2.05) is 0 Å². The first-order valence-corrected chi connectivity index (χ1v) is 8.89. The second-order valence-corrected chi connectivity index (χ2v) is 8.50. The van der Waals surface area contributed by atoms with Crippen LogP contribution in [-0.2, 0) is 14.3 Å². The second-order valence-electron chi connectivity index (χ2n) is 5.71. The van der Waals surface area contributed by atoms with Gasteiger partial charge in [-0.2, -0.15) is 0 Å². The molecule has 1 N–H and O–H groups in total. The van der Waals surface area contributed by atoms with Crippen LogP contribution >= 0.6 is 23.5 Å². The number of hydrogen-bond donors (Lipinski definition) is 1. The zero-order valence-corrected chi connectivity index (χ0v) is 14.0. The summed E-state index contributed by atoms with van der Waals surface area (Å²) in [5, 5.41) is 10.6. The first-order chi connectivity index (χ1) is 9.32. The number of aliphatic hydroxyl groups is 1. The fourth-order valence-electron chi connectivity index (χ4n) is 2.34. The monoisotopic (exact) mass is 321 g/mol. The van der Waals surface area contributed by atoms with Crippen molar-refractivity contribution < 1.29 is 19.4 Å². The first-order valence-electron chi connectivity index (χ1n) is 6.80. The van der Waals surface area contributed by atoms with Crippen molar-refractivity contribution in [2.75, 3.05) is 25.6 Å². The number of aliphatic hydroxyl groups excluding tert-OH is 1. The van der Waals surface area contributed by atoms with E-state index in [2.05, 4.69) is 0 Å². The Hall–Kier alpha value is 0.0500. The predicted molar refractivity (Wildman–Crippen MR) is 81.8 cm³/mol. The van der Waals surface area contributed by atoms with Crippen molar-refractivity contribution >= 4 is 29.4 Å². The number of rotatable bonds is 3. The summed E-state index contributed by atoms with van der Waals surface area (Å²) in [4.78, 5) is 13.7. The van der Waals surface area contributed by atoms with Crippen LogP contribution in [0.1, 0.15) is 20.3 Å². The summed E-state index contributed by atoms with van der Waals surface area (Å²) in [5.41, 5.74) is 0. The van der Waals surface area contributed by atoms with Crippen LogP contribution in [0.3, 0.4) is 0 Å². The minimum absolute atomic E-state index is 0.0451. The van der Waals surface area contributed by atoms with E-state index in [0.717, 1.165) is 17.9 Å². The molecule has 2 heterocycles. The van der Waals surface area contributed by atoms with Gasteiger partial charge in [0.25, 0.3) is 5.91 Å². The van der Waals surface area contributed by atoms with Crippen molar-refractivity contribution in [1.82, 2.24) is 4.90 Å². The average Bonchev–Trinajstić information content (AvgIpc) is 2.74. The molecule has 0 unspecified atom stereocenters. The van der Waals surface area contributed by atoms with E-state index in [1.54, 1.807) is 51.5 Å². The molecule has 2 fully saturated rings. The van der Waals surface area contributed by atoms with Crippen LogP contribution in [0, 0.1) is 0 Å². The number of amides is 1. The minimum atomic E-state index is -0.841. The van der Waals surface area contributed by atoms with Crippen molar-refractivity contribution in [3.8, 4) is 0 Å². The summed E-state index contributed by atoms with van der Waals surface area (Å²) in [6.07, 6.45) is -0.895. The number of thioether (sulfide) groups is 2. The third-order valence-corrected chi connectivity index (χ3v) is 6.36. The normalized spacial score (nSPS) is 32.0. The molecule has 2 saturated heterocycles. The highest BCUT2D eigenvalue weighted by atomic mass is 32.2. The van der Waals surface area contributed by atoms with Gasteiger partial charge in [0, 0.05) is 14.1 Å². The van der Waals surface area contributed by atoms with Crippen molar-refractivity contribution in [3.05, 3.63) is 0 Å². The molecule has 0 radical (unpaired) electrons. The SMILES string of the molecule is CN(C)C(=O)[C@@H]1OC(C)(C)O[C@H]1[C@@H](O)C1SCCCS1. The second kappa shape index (κ2) is 6.44. The van der Waals surface area contributed by atoms with E-state index in [9.17, 15) is 9.90 Å². The summed E-state index contributed by atoms with van der Waals surface area (Å²) in [6, 6.07) is 0. The summed E-state index contributed by atoms with van der Waals surface area (Å²) in [6.45, 7) is 3.55. The number of carbonyl (C=O) groups excluding carboxylic acids is 1. The van der Waals surface area contributed by atoms with Crippen LogP contribution in [0.15, 0.2) is 0 Å². The smallest absolute Gasteiger partial charge is 0.254 e. The third kappa shape index (κ3) is 3.62. The van der Waals surface area contributed by atoms with Crippen LogP contribution in [0.4, 0.5) is 0 Å². The molecule has 7 heteroatoms. The molecule has 5 nitrogen and oxygen atoms in total. The summed E-state index contributed by atoms with van der Waals surface area (Å²) >= 11 is 3.47. The van der Waals surface area contributed by atoms with E-state index in [0.29, 0.717) is 0 Å². The zero-order chi connectivity index (χ0) is 14.9. The van der Waals surface area contributed by atoms with Crippen LogP contribution in [0.2, 0.25) is 0 Å². The fourth-order valence-corrected chi connectivity index (χ4v) is 5.28. The lowest BCUT2D eigenvalue weighted by atomic mass is 10.1. The highest BCUT2D eigenvalue weighted by Crippen LogP contribution is 2.39. The Morgan fingerprint density at radius 3 is 2.45 bits per heavy atom. The van der Waals surface area contributed by atoms with E-state index < -0.39 is 24.1 Å². The number of carbonyl (C=O) groups is 1. The van der Waals surface area contributed by atoms with Crippen LogP contribution in [0.5, 0.6) is 0 Å². The van der Waals surface area contributed by atoms with Gasteiger partial charge in [-0.3, -0.25) is 4.79 Å². The first kappa shape index (κ1) is 16.4. The Bertz CT molecular complexity index is 358. The molecule has 3 atom stereocenters. The number of likely N-dealkylation sites (N-methyl/N-ethyl adjacent to an activating group) is 1.